The zero-order chi connectivity index (χ0) is 14.4. The quantitative estimate of drug-likeness (QED) is 0.910. The molecule has 2 aliphatic rings. The van der Waals surface area contributed by atoms with Crippen LogP contribution in [0.3, 0.4) is 0 Å². The first-order chi connectivity index (χ1) is 10.2. The molecule has 1 aliphatic carbocycles. The number of methoxy groups -OCH3 is 1. The highest BCUT2D eigenvalue weighted by Crippen LogP contribution is 2.53. The molecule has 0 radical (unpaired) electrons. The maximum absolute atomic E-state index is 13.5. The van der Waals surface area contributed by atoms with Gasteiger partial charge in [0.05, 0.1) is 13.2 Å². The summed E-state index contributed by atoms with van der Waals surface area (Å²) in [6.45, 7) is 0.953. The minimum Gasteiger partial charge on any atom is -0.497 e. The van der Waals surface area contributed by atoms with Gasteiger partial charge in [-0.2, -0.15) is 0 Å². The van der Waals surface area contributed by atoms with Crippen LogP contribution in [0.5, 0.6) is 5.75 Å². The Balaban J connectivity index is 1.82. The lowest BCUT2D eigenvalue weighted by atomic mass is 9.82. The molecule has 1 N–H and O–H groups in total. The van der Waals surface area contributed by atoms with Crippen LogP contribution in [0, 0.1) is 5.82 Å². The van der Waals surface area contributed by atoms with Crippen molar-refractivity contribution in [2.75, 3.05) is 13.7 Å². The number of ether oxygens (including phenoxy) is 1. The number of benzene rings is 2. The van der Waals surface area contributed by atoms with Crippen molar-refractivity contribution in [3.63, 3.8) is 0 Å². The van der Waals surface area contributed by atoms with E-state index in [-0.39, 0.29) is 17.3 Å². The number of hydrogen-bond donors (Lipinski definition) is 1. The molecule has 1 saturated carbocycles. The summed E-state index contributed by atoms with van der Waals surface area (Å²) < 4.78 is 18.9. The van der Waals surface area contributed by atoms with Crippen molar-refractivity contribution in [1.82, 2.24) is 5.32 Å². The molecular formula is C18H18FNO. The second kappa shape index (κ2) is 4.57. The van der Waals surface area contributed by atoms with Gasteiger partial charge in [-0.05, 0) is 53.8 Å². The van der Waals surface area contributed by atoms with Crippen LogP contribution in [0.2, 0.25) is 0 Å². The predicted molar refractivity (Wildman–Crippen MR) is 80.2 cm³/mol. The van der Waals surface area contributed by atoms with Crippen molar-refractivity contribution in [2.24, 2.45) is 0 Å². The van der Waals surface area contributed by atoms with E-state index in [2.05, 4.69) is 17.4 Å². The van der Waals surface area contributed by atoms with E-state index in [1.54, 1.807) is 19.2 Å². The topological polar surface area (TPSA) is 21.3 Å². The van der Waals surface area contributed by atoms with E-state index in [4.69, 9.17) is 4.74 Å². The fourth-order valence-corrected chi connectivity index (χ4v) is 3.46. The highest BCUT2D eigenvalue weighted by atomic mass is 19.1. The lowest BCUT2D eigenvalue weighted by Crippen LogP contribution is -2.38. The van der Waals surface area contributed by atoms with Gasteiger partial charge < -0.3 is 10.1 Å². The summed E-state index contributed by atoms with van der Waals surface area (Å²) in [6, 6.07) is 13.2. The van der Waals surface area contributed by atoms with Crippen molar-refractivity contribution < 1.29 is 9.13 Å². The highest BCUT2D eigenvalue weighted by molar-refractivity contribution is 5.50. The molecule has 0 bridgehead atoms. The largest absolute Gasteiger partial charge is 0.497 e. The Morgan fingerprint density at radius 1 is 1.19 bits per heavy atom. The normalized spacial score (nSPS) is 21.9. The number of halogens is 1. The molecule has 1 heterocycles. The fraction of sp³-hybridized carbons (Fsp3) is 0.333. The van der Waals surface area contributed by atoms with Crippen molar-refractivity contribution in [2.45, 2.75) is 24.3 Å². The fourth-order valence-electron chi connectivity index (χ4n) is 3.46. The summed E-state index contributed by atoms with van der Waals surface area (Å²) in [6.07, 6.45) is 2.44. The summed E-state index contributed by atoms with van der Waals surface area (Å²) in [5, 5.41) is 3.60. The monoisotopic (exact) mass is 283 g/mol. The SMILES string of the molecule is COc1ccc2c(c1)C1(CC1)CNC2c1cccc(F)c1. The highest BCUT2D eigenvalue weighted by Gasteiger charge is 2.49. The van der Waals surface area contributed by atoms with E-state index in [0.29, 0.717) is 0 Å². The summed E-state index contributed by atoms with van der Waals surface area (Å²) >= 11 is 0. The average Bonchev–Trinajstić information content (AvgIpc) is 3.28. The maximum atomic E-state index is 13.5. The van der Waals surface area contributed by atoms with Gasteiger partial charge >= 0.3 is 0 Å². The van der Waals surface area contributed by atoms with Crippen molar-refractivity contribution >= 4 is 0 Å². The van der Waals surface area contributed by atoms with E-state index < -0.39 is 0 Å². The molecule has 2 aromatic rings. The Labute approximate surface area is 123 Å². The molecule has 0 aromatic heterocycles. The van der Waals surface area contributed by atoms with Crippen molar-refractivity contribution in [3.05, 3.63) is 65.0 Å². The van der Waals surface area contributed by atoms with Crippen LogP contribution in [-0.4, -0.2) is 13.7 Å². The Hall–Kier alpha value is -1.87. The Bertz CT molecular complexity index is 693. The molecule has 3 heteroatoms. The van der Waals surface area contributed by atoms with Crippen LogP contribution in [-0.2, 0) is 5.41 Å². The Morgan fingerprint density at radius 3 is 2.76 bits per heavy atom. The zero-order valence-corrected chi connectivity index (χ0v) is 12.0. The summed E-state index contributed by atoms with van der Waals surface area (Å²) in [5.74, 6) is 0.719. The molecule has 4 rings (SSSR count). The minimum absolute atomic E-state index is 0.0628. The first kappa shape index (κ1) is 12.8. The zero-order valence-electron chi connectivity index (χ0n) is 12.0. The van der Waals surface area contributed by atoms with Crippen LogP contribution in [0.4, 0.5) is 4.39 Å². The molecule has 1 fully saturated rings. The molecule has 21 heavy (non-hydrogen) atoms. The van der Waals surface area contributed by atoms with Crippen LogP contribution in [0.15, 0.2) is 42.5 Å². The third-order valence-electron chi connectivity index (χ3n) is 4.82. The summed E-state index contributed by atoms with van der Waals surface area (Å²) in [7, 11) is 1.70. The lowest BCUT2D eigenvalue weighted by Gasteiger charge is -2.33. The molecule has 1 unspecified atom stereocenters. The van der Waals surface area contributed by atoms with E-state index in [0.717, 1.165) is 17.9 Å². The van der Waals surface area contributed by atoms with Crippen molar-refractivity contribution in [3.8, 4) is 5.75 Å². The number of hydrogen-bond acceptors (Lipinski definition) is 2. The first-order valence-corrected chi connectivity index (χ1v) is 7.39. The number of fused-ring (bicyclic) bond motifs is 2. The molecule has 1 atom stereocenters. The maximum Gasteiger partial charge on any atom is 0.123 e. The van der Waals surface area contributed by atoms with Gasteiger partial charge in [0.2, 0.25) is 0 Å². The molecule has 2 aromatic carbocycles. The third kappa shape index (κ3) is 2.04. The van der Waals surface area contributed by atoms with E-state index in [9.17, 15) is 4.39 Å². The van der Waals surface area contributed by atoms with Crippen LogP contribution in [0.1, 0.15) is 35.6 Å². The van der Waals surface area contributed by atoms with E-state index >= 15 is 0 Å². The Kier molecular flexibility index (Phi) is 2.79. The van der Waals surface area contributed by atoms with Gasteiger partial charge in [-0.15, -0.1) is 0 Å². The van der Waals surface area contributed by atoms with Gasteiger partial charge in [0.1, 0.15) is 11.6 Å². The van der Waals surface area contributed by atoms with E-state index in [1.807, 2.05) is 12.1 Å². The van der Waals surface area contributed by atoms with Crippen LogP contribution < -0.4 is 10.1 Å². The van der Waals surface area contributed by atoms with E-state index in [1.165, 1.54) is 30.0 Å². The molecule has 0 amide bonds. The van der Waals surface area contributed by atoms with Gasteiger partial charge in [0.25, 0.3) is 0 Å². The molecular weight excluding hydrogens is 265 g/mol. The second-order valence-electron chi connectivity index (χ2n) is 6.10. The molecule has 0 saturated heterocycles. The Morgan fingerprint density at radius 2 is 2.05 bits per heavy atom. The van der Waals surface area contributed by atoms with Gasteiger partial charge in [-0.3, -0.25) is 0 Å². The summed E-state index contributed by atoms with van der Waals surface area (Å²) in [4.78, 5) is 0. The smallest absolute Gasteiger partial charge is 0.123 e. The predicted octanol–water partition coefficient (Wildman–Crippen LogP) is 3.56. The van der Waals surface area contributed by atoms with Gasteiger partial charge in [0.15, 0.2) is 0 Å². The molecule has 2 nitrogen and oxygen atoms in total. The molecule has 1 aliphatic heterocycles. The third-order valence-corrected chi connectivity index (χ3v) is 4.82. The number of rotatable bonds is 2. The average molecular weight is 283 g/mol. The number of nitrogens with one attached hydrogen (secondary N) is 1. The second-order valence-corrected chi connectivity index (χ2v) is 6.10. The van der Waals surface area contributed by atoms with Crippen LogP contribution >= 0.6 is 0 Å². The van der Waals surface area contributed by atoms with Crippen molar-refractivity contribution in [1.29, 1.82) is 0 Å². The lowest BCUT2D eigenvalue weighted by molar-refractivity contribution is 0.410. The minimum atomic E-state index is -0.184. The standard InChI is InChI=1S/C18H18FNO/c1-21-14-5-6-15-16(10-14)18(7-8-18)11-20-17(15)12-3-2-4-13(19)9-12/h2-6,9-10,17,20H,7-8,11H2,1H3. The summed E-state index contributed by atoms with van der Waals surface area (Å²) in [5.41, 5.74) is 3.88. The van der Waals surface area contributed by atoms with Crippen LogP contribution in [0.25, 0.3) is 0 Å². The van der Waals surface area contributed by atoms with Gasteiger partial charge in [-0.25, -0.2) is 4.39 Å². The van der Waals surface area contributed by atoms with Gasteiger partial charge in [-0.1, -0.05) is 18.2 Å². The molecule has 108 valence electrons. The van der Waals surface area contributed by atoms with Gasteiger partial charge in [0, 0.05) is 12.0 Å². The first-order valence-electron chi connectivity index (χ1n) is 7.39. The molecule has 1 spiro atoms.